The van der Waals surface area contributed by atoms with E-state index in [1.54, 1.807) is 24.3 Å². The predicted molar refractivity (Wildman–Crippen MR) is 103 cm³/mol. The number of primary amides is 1. The highest BCUT2D eigenvalue weighted by Crippen LogP contribution is 2.22. The molecule has 0 saturated carbocycles. The molecule has 27 heavy (non-hydrogen) atoms. The number of hydrogen-bond acceptors (Lipinski definition) is 6. The molecule has 0 radical (unpaired) electrons. The smallest absolute Gasteiger partial charge is 0.316 e. The highest BCUT2D eigenvalue weighted by Gasteiger charge is 2.12. The van der Waals surface area contributed by atoms with Crippen molar-refractivity contribution in [3.63, 3.8) is 0 Å². The van der Waals surface area contributed by atoms with Gasteiger partial charge < -0.3 is 21.7 Å². The van der Waals surface area contributed by atoms with Gasteiger partial charge in [0.1, 0.15) is 5.01 Å². The molecule has 0 atom stereocenters. The maximum Gasteiger partial charge on any atom is 0.316 e. The molecular weight excluding hydrogens is 368 g/mol. The minimum absolute atomic E-state index is 0.0594. The summed E-state index contributed by atoms with van der Waals surface area (Å²) in [5, 5.41) is 17.0. The average molecular weight is 390 g/mol. The van der Waals surface area contributed by atoms with Crippen LogP contribution in [0.4, 0.5) is 15.6 Å². The van der Waals surface area contributed by atoms with E-state index < -0.39 is 6.03 Å². The number of hydrogen-bond donors (Lipinski definition) is 4. The maximum absolute atomic E-state index is 11.9. The third-order valence-corrected chi connectivity index (χ3v) is 4.61. The Labute approximate surface area is 160 Å². The lowest BCUT2D eigenvalue weighted by Gasteiger charge is -2.07. The van der Waals surface area contributed by atoms with Crippen LogP contribution in [0.25, 0.3) is 0 Å². The van der Waals surface area contributed by atoms with E-state index in [2.05, 4.69) is 26.1 Å². The number of benzene rings is 1. The first-order valence-electron chi connectivity index (χ1n) is 8.39. The molecule has 0 unspecified atom stereocenters. The Kier molecular flexibility index (Phi) is 7.24. The lowest BCUT2D eigenvalue weighted by atomic mass is 10.2. The number of amides is 4. The van der Waals surface area contributed by atoms with Crippen LogP contribution in [0.1, 0.15) is 43.2 Å². The summed E-state index contributed by atoms with van der Waals surface area (Å²) in [7, 11) is 0. The lowest BCUT2D eigenvalue weighted by molar-refractivity contribution is -0.124. The monoisotopic (exact) mass is 390 g/mol. The van der Waals surface area contributed by atoms with Gasteiger partial charge in [0.15, 0.2) is 0 Å². The third kappa shape index (κ3) is 7.02. The fourth-order valence-electron chi connectivity index (χ4n) is 2.06. The Morgan fingerprint density at radius 2 is 1.70 bits per heavy atom. The van der Waals surface area contributed by atoms with Crippen LogP contribution in [0, 0.1) is 0 Å². The van der Waals surface area contributed by atoms with E-state index in [-0.39, 0.29) is 30.6 Å². The molecule has 0 saturated heterocycles. The van der Waals surface area contributed by atoms with E-state index in [1.807, 2.05) is 13.8 Å². The van der Waals surface area contributed by atoms with Gasteiger partial charge in [-0.05, 0) is 17.7 Å². The summed E-state index contributed by atoms with van der Waals surface area (Å²) in [6, 6.07) is 6.27. The zero-order valence-corrected chi connectivity index (χ0v) is 15.9. The first kappa shape index (κ1) is 20.3. The molecule has 1 heterocycles. The summed E-state index contributed by atoms with van der Waals surface area (Å²) in [6.45, 7) is 4.32. The molecule has 0 aliphatic carbocycles. The highest BCUT2D eigenvalue weighted by atomic mass is 32.1. The zero-order valence-electron chi connectivity index (χ0n) is 15.1. The largest absolute Gasteiger partial charge is 0.352 e. The topological polar surface area (TPSA) is 139 Å². The third-order valence-electron chi connectivity index (χ3n) is 3.47. The van der Waals surface area contributed by atoms with E-state index in [1.165, 1.54) is 11.3 Å². The van der Waals surface area contributed by atoms with Gasteiger partial charge in [0.05, 0.1) is 0 Å². The lowest BCUT2D eigenvalue weighted by Crippen LogP contribution is -2.24. The van der Waals surface area contributed by atoms with Crippen LogP contribution in [0.15, 0.2) is 24.3 Å². The molecule has 0 spiro atoms. The Bertz CT molecular complexity index is 803. The predicted octanol–water partition coefficient (Wildman–Crippen LogP) is 2.19. The van der Waals surface area contributed by atoms with Gasteiger partial charge in [-0.1, -0.05) is 37.3 Å². The van der Waals surface area contributed by atoms with Crippen molar-refractivity contribution in [1.29, 1.82) is 0 Å². The quantitative estimate of drug-likeness (QED) is 0.547. The molecule has 5 N–H and O–H groups in total. The fourth-order valence-corrected chi connectivity index (χ4v) is 2.83. The number of carbonyl (C=O) groups is 3. The van der Waals surface area contributed by atoms with E-state index in [0.717, 1.165) is 10.6 Å². The summed E-state index contributed by atoms with van der Waals surface area (Å²) in [4.78, 5) is 34.5. The molecule has 4 amide bonds. The first-order valence-corrected chi connectivity index (χ1v) is 9.20. The summed E-state index contributed by atoms with van der Waals surface area (Å²) in [5.41, 5.74) is 6.47. The van der Waals surface area contributed by atoms with E-state index in [9.17, 15) is 14.4 Å². The number of urea groups is 1. The van der Waals surface area contributed by atoms with Crippen molar-refractivity contribution >= 4 is 40.0 Å². The normalized spacial score (nSPS) is 10.5. The summed E-state index contributed by atoms with van der Waals surface area (Å²) >= 11 is 1.33. The van der Waals surface area contributed by atoms with Gasteiger partial charge >= 0.3 is 6.03 Å². The summed E-state index contributed by atoms with van der Waals surface area (Å²) < 4.78 is 0. The van der Waals surface area contributed by atoms with Crippen molar-refractivity contribution in [2.24, 2.45) is 5.73 Å². The number of nitrogens with zero attached hydrogens (tertiary/aromatic N) is 2. The first-order chi connectivity index (χ1) is 12.8. The van der Waals surface area contributed by atoms with Crippen molar-refractivity contribution in [2.75, 3.05) is 10.6 Å². The van der Waals surface area contributed by atoms with Crippen LogP contribution in [0.2, 0.25) is 0 Å². The van der Waals surface area contributed by atoms with Crippen LogP contribution < -0.4 is 21.7 Å². The van der Waals surface area contributed by atoms with Crippen molar-refractivity contribution in [1.82, 2.24) is 15.5 Å². The van der Waals surface area contributed by atoms with E-state index >= 15 is 0 Å². The minimum atomic E-state index is -0.636. The highest BCUT2D eigenvalue weighted by molar-refractivity contribution is 7.15. The Hall–Kier alpha value is -3.01. The van der Waals surface area contributed by atoms with Crippen molar-refractivity contribution in [3.8, 4) is 0 Å². The standard InChI is InChI=1S/C17H22N6O3S/c1-10(2)15-22-23-17(27-15)21-14(25)8-7-13(24)19-9-11-3-5-12(6-4-11)20-16(18)26/h3-6,10H,7-9H2,1-2H3,(H,19,24)(H3,18,20,26)(H,21,23,25). The number of rotatable bonds is 8. The Morgan fingerprint density at radius 3 is 2.30 bits per heavy atom. The molecule has 0 aliphatic rings. The Balaban J connectivity index is 1.70. The van der Waals surface area contributed by atoms with Gasteiger partial charge in [0, 0.05) is 31.0 Å². The molecule has 1 aromatic carbocycles. The SMILES string of the molecule is CC(C)c1nnc(NC(=O)CCC(=O)NCc2ccc(NC(N)=O)cc2)s1. The molecular formula is C17H22N6O3S. The van der Waals surface area contributed by atoms with Gasteiger partial charge in [0.25, 0.3) is 0 Å². The number of anilines is 2. The van der Waals surface area contributed by atoms with Crippen LogP contribution in [-0.4, -0.2) is 28.0 Å². The van der Waals surface area contributed by atoms with Gasteiger partial charge in [-0.2, -0.15) is 0 Å². The van der Waals surface area contributed by atoms with Crippen LogP contribution >= 0.6 is 11.3 Å². The molecule has 0 aliphatic heterocycles. The van der Waals surface area contributed by atoms with E-state index in [0.29, 0.717) is 17.4 Å². The van der Waals surface area contributed by atoms with Gasteiger partial charge in [-0.25, -0.2) is 4.79 Å². The van der Waals surface area contributed by atoms with E-state index in [4.69, 9.17) is 5.73 Å². The van der Waals surface area contributed by atoms with Crippen molar-refractivity contribution in [2.45, 2.75) is 39.2 Å². The number of nitrogens with two attached hydrogens (primary N) is 1. The van der Waals surface area contributed by atoms with Crippen LogP contribution in [-0.2, 0) is 16.1 Å². The Morgan fingerprint density at radius 1 is 1.04 bits per heavy atom. The molecule has 2 rings (SSSR count). The van der Waals surface area contributed by atoms with Crippen molar-refractivity contribution in [3.05, 3.63) is 34.8 Å². The second-order valence-electron chi connectivity index (χ2n) is 6.11. The second kappa shape index (κ2) is 9.62. The average Bonchev–Trinajstić information content (AvgIpc) is 3.07. The molecule has 1 aromatic heterocycles. The van der Waals surface area contributed by atoms with Crippen LogP contribution in [0.5, 0.6) is 0 Å². The van der Waals surface area contributed by atoms with Crippen molar-refractivity contribution < 1.29 is 14.4 Å². The second-order valence-corrected chi connectivity index (χ2v) is 7.12. The maximum atomic E-state index is 11.9. The van der Waals surface area contributed by atoms with Gasteiger partial charge in [-0.3, -0.25) is 9.59 Å². The zero-order chi connectivity index (χ0) is 19.8. The summed E-state index contributed by atoms with van der Waals surface area (Å²) in [5.74, 6) is -0.261. The molecule has 0 bridgehead atoms. The van der Waals surface area contributed by atoms with Gasteiger partial charge in [0.2, 0.25) is 16.9 Å². The van der Waals surface area contributed by atoms with Crippen LogP contribution in [0.3, 0.4) is 0 Å². The molecule has 144 valence electrons. The fraction of sp³-hybridized carbons (Fsp3) is 0.353. The minimum Gasteiger partial charge on any atom is -0.352 e. The number of carbonyl (C=O) groups excluding carboxylic acids is 3. The number of nitrogens with one attached hydrogen (secondary N) is 3. The molecule has 2 aromatic rings. The van der Waals surface area contributed by atoms with Gasteiger partial charge in [-0.15, -0.1) is 10.2 Å². The number of aromatic nitrogens is 2. The molecule has 0 fully saturated rings. The molecule has 9 nitrogen and oxygen atoms in total. The molecule has 10 heteroatoms. The summed E-state index contributed by atoms with van der Waals surface area (Å²) in [6.07, 6.45) is 0.132.